The van der Waals surface area contributed by atoms with Gasteiger partial charge in [0.25, 0.3) is 0 Å². The second kappa shape index (κ2) is 12.0. The van der Waals surface area contributed by atoms with E-state index in [4.69, 9.17) is 0 Å². The quantitative estimate of drug-likeness (QED) is 0.551. The van der Waals surface area contributed by atoms with Gasteiger partial charge in [0, 0.05) is 0 Å². The number of hydrogen-bond donors (Lipinski definition) is 0. The van der Waals surface area contributed by atoms with Crippen molar-refractivity contribution in [3.05, 3.63) is 37.3 Å². The van der Waals surface area contributed by atoms with Gasteiger partial charge in [0.2, 0.25) is 0 Å². The normalized spacial score (nSPS) is 8.62. The Morgan fingerprint density at radius 2 is 1.62 bits per heavy atom. The van der Waals surface area contributed by atoms with E-state index in [0.29, 0.717) is 0 Å². The summed E-state index contributed by atoms with van der Waals surface area (Å²) in [6, 6.07) is 10.0. The average Bonchev–Trinajstić information content (AvgIpc) is 2.64. The van der Waals surface area contributed by atoms with Crippen LogP contribution in [-0.2, 0) is 21.7 Å². The van der Waals surface area contributed by atoms with E-state index < -0.39 is 0 Å². The molecular weight excluding hydrogens is 194 g/mol. The van der Waals surface area contributed by atoms with E-state index in [-0.39, 0.29) is 21.7 Å². The standard InChI is InChI=1S/C6H14N.C5H5.Ti/c1-4-7(5-2)6-3;1-2-4-5-3-1;/h1,4-6H2,2-3H3;1-5H;/q2*-1;+2. The molecule has 0 saturated heterocycles. The largest absolute Gasteiger partial charge is 2.00 e. The Kier molecular flexibility index (Phi) is 14.3. The minimum atomic E-state index is 0. The second-order valence-corrected chi connectivity index (χ2v) is 2.49. The van der Waals surface area contributed by atoms with E-state index in [1.165, 1.54) is 0 Å². The van der Waals surface area contributed by atoms with E-state index in [9.17, 15) is 0 Å². The molecule has 0 unspecified atom stereocenters. The van der Waals surface area contributed by atoms with Crippen LogP contribution in [0.5, 0.6) is 0 Å². The summed E-state index contributed by atoms with van der Waals surface area (Å²) in [5.41, 5.74) is 0. The third kappa shape index (κ3) is 9.94. The molecule has 0 bridgehead atoms. The van der Waals surface area contributed by atoms with Gasteiger partial charge in [-0.15, -0.1) is 6.54 Å². The fourth-order valence-electron chi connectivity index (χ4n) is 0.861. The zero-order chi connectivity index (χ0) is 9.23. The molecule has 0 aliphatic heterocycles. The van der Waals surface area contributed by atoms with Crippen LogP contribution in [0.15, 0.2) is 30.3 Å². The van der Waals surface area contributed by atoms with Crippen molar-refractivity contribution in [2.75, 3.05) is 19.6 Å². The summed E-state index contributed by atoms with van der Waals surface area (Å²) >= 11 is 0. The summed E-state index contributed by atoms with van der Waals surface area (Å²) in [6.45, 7) is 11.2. The molecule has 0 aliphatic rings. The fourth-order valence-corrected chi connectivity index (χ4v) is 0.861. The predicted octanol–water partition coefficient (Wildman–Crippen LogP) is 2.57. The molecule has 0 radical (unpaired) electrons. The number of hydrogen-bond acceptors (Lipinski definition) is 1. The molecular formula is C11H19NTi. The summed E-state index contributed by atoms with van der Waals surface area (Å²) in [5.74, 6) is 0. The van der Waals surface area contributed by atoms with Gasteiger partial charge in [0.05, 0.1) is 0 Å². The Morgan fingerprint density at radius 1 is 1.15 bits per heavy atom. The first-order chi connectivity index (χ1) is 5.85. The van der Waals surface area contributed by atoms with Crippen LogP contribution in [-0.4, -0.2) is 24.5 Å². The van der Waals surface area contributed by atoms with Crippen LogP contribution < -0.4 is 0 Å². The van der Waals surface area contributed by atoms with Crippen LogP contribution in [0.2, 0.25) is 0 Å². The summed E-state index contributed by atoms with van der Waals surface area (Å²) in [5, 5.41) is 0. The van der Waals surface area contributed by atoms with Gasteiger partial charge in [-0.3, -0.25) is 0 Å². The van der Waals surface area contributed by atoms with E-state index in [0.717, 1.165) is 19.6 Å². The van der Waals surface area contributed by atoms with Crippen molar-refractivity contribution in [3.63, 3.8) is 0 Å². The molecule has 13 heavy (non-hydrogen) atoms. The van der Waals surface area contributed by atoms with Crippen molar-refractivity contribution in [1.29, 1.82) is 0 Å². The molecule has 0 atom stereocenters. The Hall–Kier alpha value is 0.0243. The van der Waals surface area contributed by atoms with Crippen LogP contribution in [0.25, 0.3) is 0 Å². The fraction of sp³-hybridized carbons (Fsp3) is 0.455. The maximum absolute atomic E-state index is 3.75. The van der Waals surface area contributed by atoms with Crippen molar-refractivity contribution in [1.82, 2.24) is 4.90 Å². The SMILES string of the molecule is [CH2-]CN(CC)CC.[Ti+2].c1cc[cH-]c1. The first-order valence-corrected chi connectivity index (χ1v) is 4.53. The smallest absolute Gasteiger partial charge is 0.333 e. The molecule has 72 valence electrons. The number of rotatable bonds is 3. The molecule has 0 spiro atoms. The average molecular weight is 213 g/mol. The zero-order valence-electron chi connectivity index (χ0n) is 8.66. The maximum Gasteiger partial charge on any atom is 2.00 e. The molecule has 0 aromatic heterocycles. The molecule has 0 fully saturated rings. The first-order valence-electron chi connectivity index (χ1n) is 4.53. The molecule has 2 heteroatoms. The monoisotopic (exact) mass is 213 g/mol. The molecule has 1 aromatic rings. The van der Waals surface area contributed by atoms with Gasteiger partial charge < -0.3 is 11.8 Å². The Labute approximate surface area is 97.4 Å². The van der Waals surface area contributed by atoms with E-state index >= 15 is 0 Å². The van der Waals surface area contributed by atoms with E-state index in [2.05, 4.69) is 25.7 Å². The second-order valence-electron chi connectivity index (χ2n) is 2.49. The Morgan fingerprint density at radius 3 is 1.69 bits per heavy atom. The van der Waals surface area contributed by atoms with Crippen molar-refractivity contribution in [3.8, 4) is 0 Å². The minimum absolute atomic E-state index is 0. The molecule has 1 rings (SSSR count). The Balaban J connectivity index is 0. The van der Waals surface area contributed by atoms with Gasteiger partial charge in [-0.25, -0.2) is 12.1 Å². The van der Waals surface area contributed by atoms with Gasteiger partial charge in [-0.1, -0.05) is 13.8 Å². The summed E-state index contributed by atoms with van der Waals surface area (Å²) < 4.78 is 0. The third-order valence-electron chi connectivity index (χ3n) is 1.77. The van der Waals surface area contributed by atoms with Crippen molar-refractivity contribution < 1.29 is 21.7 Å². The van der Waals surface area contributed by atoms with Gasteiger partial charge in [0.1, 0.15) is 0 Å². The molecule has 1 aromatic carbocycles. The summed E-state index contributed by atoms with van der Waals surface area (Å²) in [7, 11) is 0. The first kappa shape index (κ1) is 15.5. The summed E-state index contributed by atoms with van der Waals surface area (Å²) in [4.78, 5) is 2.26. The minimum Gasteiger partial charge on any atom is -0.333 e. The van der Waals surface area contributed by atoms with Gasteiger partial charge >= 0.3 is 21.7 Å². The van der Waals surface area contributed by atoms with Crippen LogP contribution in [0, 0.1) is 6.92 Å². The topological polar surface area (TPSA) is 3.24 Å². The van der Waals surface area contributed by atoms with E-state index in [1.807, 2.05) is 30.3 Å². The van der Waals surface area contributed by atoms with Gasteiger partial charge in [0.15, 0.2) is 0 Å². The van der Waals surface area contributed by atoms with Crippen LogP contribution in [0.4, 0.5) is 0 Å². The maximum atomic E-state index is 3.75. The van der Waals surface area contributed by atoms with Crippen LogP contribution in [0.3, 0.4) is 0 Å². The van der Waals surface area contributed by atoms with Gasteiger partial charge in [-0.05, 0) is 13.1 Å². The zero-order valence-corrected chi connectivity index (χ0v) is 10.2. The van der Waals surface area contributed by atoms with E-state index in [1.54, 1.807) is 0 Å². The molecule has 1 nitrogen and oxygen atoms in total. The van der Waals surface area contributed by atoms with Crippen LogP contribution >= 0.6 is 0 Å². The predicted molar refractivity (Wildman–Crippen MR) is 55.2 cm³/mol. The van der Waals surface area contributed by atoms with Crippen molar-refractivity contribution in [2.24, 2.45) is 0 Å². The molecule has 0 N–H and O–H groups in total. The van der Waals surface area contributed by atoms with Crippen molar-refractivity contribution >= 4 is 0 Å². The Bertz CT molecular complexity index is 122. The third-order valence-corrected chi connectivity index (χ3v) is 1.77. The molecule has 0 saturated carbocycles. The molecule has 0 aliphatic carbocycles. The molecule has 0 heterocycles. The molecule has 0 amide bonds. The van der Waals surface area contributed by atoms with Crippen LogP contribution in [0.1, 0.15) is 13.8 Å². The van der Waals surface area contributed by atoms with Gasteiger partial charge in [-0.2, -0.15) is 18.2 Å². The van der Waals surface area contributed by atoms with Crippen molar-refractivity contribution in [2.45, 2.75) is 13.8 Å². The summed E-state index contributed by atoms with van der Waals surface area (Å²) in [6.07, 6.45) is 0. The number of nitrogens with zero attached hydrogens (tertiary/aromatic N) is 1.